The number of carbonyl (C=O) groups is 1. The Balaban J connectivity index is 2.35. The maximum Gasteiger partial charge on any atom is 0.255 e. The van der Waals surface area contributed by atoms with Gasteiger partial charge in [-0.15, -0.1) is 0 Å². The van der Waals surface area contributed by atoms with Crippen molar-refractivity contribution >= 4 is 5.91 Å². The Morgan fingerprint density at radius 2 is 2.00 bits per heavy atom. The van der Waals surface area contributed by atoms with E-state index in [1.54, 1.807) is 24.3 Å². The Kier molecular flexibility index (Phi) is 6.81. The zero-order chi connectivity index (χ0) is 14.1. The highest BCUT2D eigenvalue weighted by atomic mass is 19.3. The lowest BCUT2D eigenvalue weighted by atomic mass is 10.3. The number of hydrogen-bond acceptors (Lipinski definition) is 3. The third-order valence-corrected chi connectivity index (χ3v) is 2.41. The molecule has 1 amide bonds. The van der Waals surface area contributed by atoms with E-state index in [4.69, 9.17) is 9.84 Å². The number of para-hydroxylation sites is 1. The summed E-state index contributed by atoms with van der Waals surface area (Å²) in [5.41, 5.74) is 0. The zero-order valence-corrected chi connectivity index (χ0v) is 10.5. The van der Waals surface area contributed by atoms with Gasteiger partial charge in [-0.2, -0.15) is 0 Å². The smallest absolute Gasteiger partial charge is 0.255 e. The van der Waals surface area contributed by atoms with Crippen LogP contribution in [-0.2, 0) is 4.79 Å². The van der Waals surface area contributed by atoms with Crippen molar-refractivity contribution in [3.63, 3.8) is 0 Å². The summed E-state index contributed by atoms with van der Waals surface area (Å²) in [5.74, 6) is 0.170. The molecule has 6 heteroatoms. The number of rotatable bonds is 8. The third kappa shape index (κ3) is 6.15. The molecule has 4 nitrogen and oxygen atoms in total. The van der Waals surface area contributed by atoms with Crippen molar-refractivity contribution in [1.29, 1.82) is 0 Å². The normalized spacial score (nSPS) is 10.5. The molecule has 0 aliphatic carbocycles. The first kappa shape index (κ1) is 15.4. The Morgan fingerprint density at radius 1 is 1.32 bits per heavy atom. The molecule has 0 fully saturated rings. The molecule has 19 heavy (non-hydrogen) atoms. The number of alkyl halides is 2. The Bertz CT molecular complexity index is 373. The van der Waals surface area contributed by atoms with Crippen LogP contribution in [0.25, 0.3) is 0 Å². The first-order chi connectivity index (χ1) is 9.13. The molecule has 0 unspecified atom stereocenters. The highest BCUT2D eigenvalue weighted by Gasteiger charge is 2.17. The second-order valence-electron chi connectivity index (χ2n) is 3.87. The van der Waals surface area contributed by atoms with Gasteiger partial charge < -0.3 is 14.7 Å². The molecule has 0 saturated heterocycles. The van der Waals surface area contributed by atoms with Crippen LogP contribution in [0.3, 0.4) is 0 Å². The molecule has 106 valence electrons. The molecule has 1 aromatic rings. The highest BCUT2D eigenvalue weighted by molar-refractivity contribution is 5.76. The van der Waals surface area contributed by atoms with Crippen LogP contribution in [0, 0.1) is 0 Å². The summed E-state index contributed by atoms with van der Waals surface area (Å²) in [4.78, 5) is 12.6. The van der Waals surface area contributed by atoms with Gasteiger partial charge in [0.05, 0.1) is 26.2 Å². The lowest BCUT2D eigenvalue weighted by molar-refractivity contribution is -0.134. The first-order valence-electron chi connectivity index (χ1n) is 5.98. The average molecular weight is 273 g/mol. The molecule has 1 N–H and O–H groups in total. The maximum absolute atomic E-state index is 12.2. The van der Waals surface area contributed by atoms with Gasteiger partial charge in [0.25, 0.3) is 6.43 Å². The summed E-state index contributed by atoms with van der Waals surface area (Å²) >= 11 is 0. The number of ether oxygens (including phenoxy) is 1. The monoisotopic (exact) mass is 273 g/mol. The van der Waals surface area contributed by atoms with Gasteiger partial charge in [-0.3, -0.25) is 4.79 Å². The molecule has 1 rings (SSSR count). The highest BCUT2D eigenvalue weighted by Crippen LogP contribution is 2.09. The Morgan fingerprint density at radius 3 is 2.58 bits per heavy atom. The summed E-state index contributed by atoms with van der Waals surface area (Å²) in [7, 11) is 0. The Labute approximate surface area is 110 Å². The molecule has 0 aliphatic rings. The van der Waals surface area contributed by atoms with Crippen LogP contribution in [0.15, 0.2) is 30.3 Å². The number of hydrogen-bond donors (Lipinski definition) is 1. The number of aliphatic hydroxyl groups excluding tert-OH is 1. The summed E-state index contributed by atoms with van der Waals surface area (Å²) in [6.45, 7) is -0.967. The van der Waals surface area contributed by atoms with Gasteiger partial charge in [0.15, 0.2) is 0 Å². The van der Waals surface area contributed by atoms with Crippen molar-refractivity contribution < 1.29 is 23.4 Å². The summed E-state index contributed by atoms with van der Waals surface area (Å²) in [6, 6.07) is 8.92. The number of amides is 1. The number of benzene rings is 1. The fraction of sp³-hybridized carbons (Fsp3) is 0.462. The first-order valence-corrected chi connectivity index (χ1v) is 5.98. The van der Waals surface area contributed by atoms with Crippen LogP contribution >= 0.6 is 0 Å². The predicted molar refractivity (Wildman–Crippen MR) is 66.2 cm³/mol. The summed E-state index contributed by atoms with van der Waals surface area (Å²) in [5, 5.41) is 8.73. The molecule has 0 atom stereocenters. The van der Waals surface area contributed by atoms with Gasteiger partial charge in [-0.25, -0.2) is 8.78 Å². The van der Waals surface area contributed by atoms with E-state index in [1.807, 2.05) is 6.07 Å². The molecule has 1 aromatic carbocycles. The SMILES string of the molecule is O=C(CCOc1ccccc1)N(CCO)CC(F)F. The van der Waals surface area contributed by atoms with Crippen molar-refractivity contribution in [2.75, 3.05) is 26.3 Å². The van der Waals surface area contributed by atoms with E-state index >= 15 is 0 Å². The summed E-state index contributed by atoms with van der Waals surface area (Å²) in [6.07, 6.45) is -2.60. The minimum atomic E-state index is -2.61. The average Bonchev–Trinajstić information content (AvgIpc) is 2.39. The fourth-order valence-corrected chi connectivity index (χ4v) is 1.54. The van der Waals surface area contributed by atoms with Crippen LogP contribution in [0.5, 0.6) is 5.75 Å². The van der Waals surface area contributed by atoms with Crippen molar-refractivity contribution in [3.8, 4) is 5.75 Å². The van der Waals surface area contributed by atoms with Crippen LogP contribution in [0.1, 0.15) is 6.42 Å². The molecular weight excluding hydrogens is 256 g/mol. The van der Waals surface area contributed by atoms with Crippen LogP contribution < -0.4 is 4.74 Å². The van der Waals surface area contributed by atoms with Gasteiger partial charge in [0, 0.05) is 6.54 Å². The molecule has 0 heterocycles. The van der Waals surface area contributed by atoms with Gasteiger partial charge in [-0.1, -0.05) is 18.2 Å². The topological polar surface area (TPSA) is 49.8 Å². The zero-order valence-electron chi connectivity index (χ0n) is 10.5. The lowest BCUT2D eigenvalue weighted by Gasteiger charge is -2.21. The maximum atomic E-state index is 12.2. The van der Waals surface area contributed by atoms with E-state index in [9.17, 15) is 13.6 Å². The number of halogens is 2. The van der Waals surface area contributed by atoms with Crippen molar-refractivity contribution in [2.45, 2.75) is 12.8 Å². The van der Waals surface area contributed by atoms with Gasteiger partial charge in [-0.05, 0) is 12.1 Å². The van der Waals surface area contributed by atoms with E-state index in [0.717, 1.165) is 4.90 Å². The molecule has 0 aliphatic heterocycles. The van der Waals surface area contributed by atoms with Gasteiger partial charge in [0.1, 0.15) is 5.75 Å². The minimum absolute atomic E-state index is 0.00160. The summed E-state index contributed by atoms with van der Waals surface area (Å²) < 4.78 is 29.8. The lowest BCUT2D eigenvalue weighted by Crippen LogP contribution is -2.37. The molecule has 0 radical (unpaired) electrons. The van der Waals surface area contributed by atoms with E-state index in [2.05, 4.69) is 0 Å². The molecule has 0 spiro atoms. The third-order valence-electron chi connectivity index (χ3n) is 2.41. The quantitative estimate of drug-likeness (QED) is 0.781. The van der Waals surface area contributed by atoms with Crippen molar-refractivity contribution in [2.24, 2.45) is 0 Å². The van der Waals surface area contributed by atoms with Crippen molar-refractivity contribution in [1.82, 2.24) is 4.90 Å². The van der Waals surface area contributed by atoms with Crippen molar-refractivity contribution in [3.05, 3.63) is 30.3 Å². The van der Waals surface area contributed by atoms with Gasteiger partial charge in [0.2, 0.25) is 5.91 Å². The second-order valence-corrected chi connectivity index (χ2v) is 3.87. The van der Waals surface area contributed by atoms with E-state index < -0.39 is 18.9 Å². The number of carbonyl (C=O) groups excluding carboxylic acids is 1. The molecule has 0 aromatic heterocycles. The van der Waals surface area contributed by atoms with Gasteiger partial charge >= 0.3 is 0 Å². The minimum Gasteiger partial charge on any atom is -0.493 e. The fourth-order valence-electron chi connectivity index (χ4n) is 1.54. The molecule has 0 bridgehead atoms. The Hall–Kier alpha value is -1.69. The second kappa shape index (κ2) is 8.42. The van der Waals surface area contributed by atoms with E-state index in [0.29, 0.717) is 5.75 Å². The standard InChI is InChI=1S/C13H17F2NO3/c14-12(15)10-16(7-8-17)13(18)6-9-19-11-4-2-1-3-5-11/h1-5,12,17H,6-10H2. The van der Waals surface area contributed by atoms with E-state index in [1.165, 1.54) is 0 Å². The number of nitrogens with zero attached hydrogens (tertiary/aromatic N) is 1. The molecule has 0 saturated carbocycles. The van der Waals surface area contributed by atoms with Crippen LogP contribution in [0.4, 0.5) is 8.78 Å². The largest absolute Gasteiger partial charge is 0.493 e. The number of aliphatic hydroxyl groups is 1. The van der Waals surface area contributed by atoms with E-state index in [-0.39, 0.29) is 26.2 Å². The van der Waals surface area contributed by atoms with Crippen LogP contribution in [0.2, 0.25) is 0 Å². The van der Waals surface area contributed by atoms with Crippen LogP contribution in [-0.4, -0.2) is 48.6 Å². The predicted octanol–water partition coefficient (Wildman–Crippen LogP) is 1.54. The molecular formula is C13H17F2NO3.